The Morgan fingerprint density at radius 2 is 1.67 bits per heavy atom. The largest absolute Gasteiger partial charge is 0.299 e. The van der Waals surface area contributed by atoms with Gasteiger partial charge in [-0.3, -0.25) is 4.79 Å². The molecular weight excluding hydrogens is 334 g/mol. The minimum Gasteiger partial charge on any atom is -0.299 e. The van der Waals surface area contributed by atoms with Crippen LogP contribution in [0, 0.1) is 5.92 Å². The van der Waals surface area contributed by atoms with Gasteiger partial charge in [0.1, 0.15) is 11.5 Å². The molecular formula is C23H25N3O. The van der Waals surface area contributed by atoms with Crippen molar-refractivity contribution in [3.63, 3.8) is 0 Å². The Morgan fingerprint density at radius 3 is 2.37 bits per heavy atom. The topological polar surface area (TPSA) is 47.8 Å². The first-order valence-corrected chi connectivity index (χ1v) is 9.65. The molecule has 0 saturated heterocycles. The highest BCUT2D eigenvalue weighted by molar-refractivity contribution is 5.92. The van der Waals surface area contributed by atoms with Gasteiger partial charge in [-0.05, 0) is 31.4 Å². The van der Waals surface area contributed by atoms with E-state index in [4.69, 9.17) is 0 Å². The van der Waals surface area contributed by atoms with Gasteiger partial charge in [0.05, 0.1) is 5.69 Å². The summed E-state index contributed by atoms with van der Waals surface area (Å²) in [7, 11) is 0. The molecule has 0 bridgehead atoms. The summed E-state index contributed by atoms with van der Waals surface area (Å²) in [6, 6.07) is 16.7. The second-order valence-electron chi connectivity index (χ2n) is 7.88. The highest BCUT2D eigenvalue weighted by atomic mass is 16.1. The van der Waals surface area contributed by atoms with Gasteiger partial charge in [-0.25, -0.2) is 4.68 Å². The van der Waals surface area contributed by atoms with E-state index in [1.807, 2.05) is 42.8 Å². The number of carbonyl (C=O) groups is 1. The van der Waals surface area contributed by atoms with Crippen LogP contribution in [-0.4, -0.2) is 20.8 Å². The second-order valence-corrected chi connectivity index (χ2v) is 7.88. The van der Waals surface area contributed by atoms with Crippen molar-refractivity contribution in [1.29, 1.82) is 0 Å². The third-order valence-corrected chi connectivity index (χ3v) is 5.38. The molecule has 0 N–H and O–H groups in total. The van der Waals surface area contributed by atoms with Crippen LogP contribution in [0.25, 0.3) is 22.5 Å². The summed E-state index contributed by atoms with van der Waals surface area (Å²) in [6.45, 7) is 8.20. The smallest absolute Gasteiger partial charge is 0.143 e. The number of ketones is 1. The summed E-state index contributed by atoms with van der Waals surface area (Å²) in [5.41, 5.74) is 6.30. The molecule has 0 radical (unpaired) electrons. The summed E-state index contributed by atoms with van der Waals surface area (Å²) in [4.78, 5) is 13.1. The van der Waals surface area contributed by atoms with Crippen LogP contribution in [0.5, 0.6) is 0 Å². The molecule has 0 aliphatic heterocycles. The van der Waals surface area contributed by atoms with Crippen molar-refractivity contribution in [1.82, 2.24) is 15.0 Å². The summed E-state index contributed by atoms with van der Waals surface area (Å²) >= 11 is 0. The average Bonchev–Trinajstić information content (AvgIpc) is 3.09. The molecule has 138 valence electrons. The Balaban J connectivity index is 2.06. The lowest BCUT2D eigenvalue weighted by atomic mass is 9.78. The second kappa shape index (κ2) is 6.76. The van der Waals surface area contributed by atoms with Crippen LogP contribution < -0.4 is 0 Å². The van der Waals surface area contributed by atoms with Crippen LogP contribution in [0.3, 0.4) is 0 Å². The first-order valence-electron chi connectivity index (χ1n) is 9.65. The van der Waals surface area contributed by atoms with E-state index in [1.54, 1.807) is 0 Å². The zero-order chi connectivity index (χ0) is 19.1. The molecule has 4 heteroatoms. The van der Waals surface area contributed by atoms with Gasteiger partial charge < -0.3 is 0 Å². The van der Waals surface area contributed by atoms with E-state index in [1.165, 1.54) is 5.56 Å². The van der Waals surface area contributed by atoms with Crippen LogP contribution in [0.15, 0.2) is 48.5 Å². The molecule has 27 heavy (non-hydrogen) atoms. The predicted molar refractivity (Wildman–Crippen MR) is 108 cm³/mol. The number of carbonyl (C=O) groups excluding carboxylic acids is 1. The number of fused-ring (bicyclic) bond motifs is 5. The normalized spacial score (nSPS) is 15.7. The summed E-state index contributed by atoms with van der Waals surface area (Å²) < 4.78 is 2.00. The van der Waals surface area contributed by atoms with Crippen LogP contribution in [-0.2, 0) is 11.2 Å². The monoisotopic (exact) mass is 359 g/mol. The quantitative estimate of drug-likeness (QED) is 0.657. The lowest BCUT2D eigenvalue weighted by molar-refractivity contribution is -0.123. The average molecular weight is 359 g/mol. The summed E-state index contributed by atoms with van der Waals surface area (Å²) in [6.07, 6.45) is 0.701. The molecule has 4 nitrogen and oxygen atoms in total. The molecule has 3 aromatic rings. The first-order chi connectivity index (χ1) is 13.0. The molecule has 1 aliphatic carbocycles. The number of hydrogen-bond acceptors (Lipinski definition) is 3. The Labute approximate surface area is 160 Å². The van der Waals surface area contributed by atoms with E-state index in [0.29, 0.717) is 6.42 Å². The van der Waals surface area contributed by atoms with Crippen molar-refractivity contribution in [2.45, 2.75) is 46.1 Å². The number of hydrogen-bond donors (Lipinski definition) is 0. The fourth-order valence-electron chi connectivity index (χ4n) is 4.02. The summed E-state index contributed by atoms with van der Waals surface area (Å²) in [5, 5.41) is 9.03. The van der Waals surface area contributed by atoms with Gasteiger partial charge in [0.15, 0.2) is 0 Å². The first kappa shape index (κ1) is 17.7. The third-order valence-electron chi connectivity index (χ3n) is 5.38. The molecule has 1 heterocycles. The van der Waals surface area contributed by atoms with Gasteiger partial charge in [0.25, 0.3) is 0 Å². The van der Waals surface area contributed by atoms with Crippen LogP contribution in [0.4, 0.5) is 0 Å². The number of benzene rings is 2. The van der Waals surface area contributed by atoms with E-state index in [9.17, 15) is 4.79 Å². The molecule has 1 aliphatic rings. The molecule has 1 atom stereocenters. The molecule has 0 fully saturated rings. The SMILES string of the molecule is CC(C)C(=O)C1Cc2ccccc2-c2c(nnn2C(C)C)-c2ccccc21. The van der Waals surface area contributed by atoms with Gasteiger partial charge in [-0.15, -0.1) is 5.10 Å². The van der Waals surface area contributed by atoms with Crippen molar-refractivity contribution >= 4 is 5.78 Å². The van der Waals surface area contributed by atoms with Gasteiger partial charge in [0.2, 0.25) is 0 Å². The molecule has 1 aromatic heterocycles. The number of rotatable bonds is 3. The molecule has 0 saturated carbocycles. The van der Waals surface area contributed by atoms with E-state index >= 15 is 0 Å². The van der Waals surface area contributed by atoms with Gasteiger partial charge in [-0.2, -0.15) is 0 Å². The van der Waals surface area contributed by atoms with Crippen molar-refractivity contribution in [2.24, 2.45) is 5.92 Å². The van der Waals surface area contributed by atoms with E-state index < -0.39 is 0 Å². The Bertz CT molecular complexity index is 1000. The third kappa shape index (κ3) is 2.89. The molecule has 0 amide bonds. The fourth-order valence-corrected chi connectivity index (χ4v) is 4.02. The van der Waals surface area contributed by atoms with E-state index in [0.717, 1.165) is 28.1 Å². The van der Waals surface area contributed by atoms with Gasteiger partial charge >= 0.3 is 0 Å². The minimum atomic E-state index is -0.167. The lowest BCUT2D eigenvalue weighted by Gasteiger charge is -2.25. The molecule has 1 unspecified atom stereocenters. The maximum Gasteiger partial charge on any atom is 0.143 e. The van der Waals surface area contributed by atoms with Crippen molar-refractivity contribution in [3.05, 3.63) is 59.7 Å². The number of Topliss-reactive ketones (excluding diaryl/α,β-unsaturated/α-hetero) is 1. The van der Waals surface area contributed by atoms with Crippen molar-refractivity contribution < 1.29 is 4.79 Å². The summed E-state index contributed by atoms with van der Waals surface area (Å²) in [5.74, 6) is 0.0946. The lowest BCUT2D eigenvalue weighted by Crippen LogP contribution is -2.22. The van der Waals surface area contributed by atoms with Crippen molar-refractivity contribution in [3.8, 4) is 22.5 Å². The maximum atomic E-state index is 13.1. The minimum absolute atomic E-state index is 0.0135. The highest BCUT2D eigenvalue weighted by Crippen LogP contribution is 2.42. The van der Waals surface area contributed by atoms with Gasteiger partial charge in [-0.1, -0.05) is 67.6 Å². The Kier molecular flexibility index (Phi) is 4.42. The standard InChI is InChI=1S/C23H25N3O/c1-14(2)23(27)20-13-16-9-5-6-10-17(16)22-21(24-25-26(22)15(3)4)19-12-8-7-11-18(19)20/h5-12,14-15,20H,13H2,1-4H3. The molecule has 0 spiro atoms. The zero-order valence-corrected chi connectivity index (χ0v) is 16.3. The Morgan fingerprint density at radius 1 is 1.00 bits per heavy atom. The van der Waals surface area contributed by atoms with Gasteiger partial charge in [0, 0.05) is 29.0 Å². The van der Waals surface area contributed by atoms with Crippen molar-refractivity contribution in [2.75, 3.05) is 0 Å². The van der Waals surface area contributed by atoms with E-state index in [2.05, 4.69) is 48.4 Å². The Hall–Kier alpha value is -2.75. The number of aromatic nitrogens is 3. The van der Waals surface area contributed by atoms with E-state index in [-0.39, 0.29) is 23.7 Å². The molecule has 2 aromatic carbocycles. The van der Waals surface area contributed by atoms with Crippen LogP contribution in [0.2, 0.25) is 0 Å². The van der Waals surface area contributed by atoms with Crippen LogP contribution >= 0.6 is 0 Å². The zero-order valence-electron chi connectivity index (χ0n) is 16.3. The number of nitrogens with zero attached hydrogens (tertiary/aromatic N) is 3. The highest BCUT2D eigenvalue weighted by Gasteiger charge is 2.32. The predicted octanol–water partition coefficient (Wildman–Crippen LogP) is 5.06. The molecule has 4 rings (SSSR count). The van der Waals surface area contributed by atoms with Crippen LogP contribution in [0.1, 0.15) is 50.8 Å². The fraction of sp³-hybridized carbons (Fsp3) is 0.348. The maximum absolute atomic E-state index is 13.1.